The van der Waals surface area contributed by atoms with Gasteiger partial charge in [0.2, 0.25) is 5.91 Å². The zero-order valence-corrected chi connectivity index (χ0v) is 11.6. The molecular weight excluding hydrogens is 246 g/mol. The molecule has 104 valence electrons. The van der Waals surface area contributed by atoms with Crippen LogP contribution in [0.15, 0.2) is 18.2 Å². The minimum Gasteiger partial charge on any atom is -0.478 e. The van der Waals surface area contributed by atoms with Gasteiger partial charge in [0.1, 0.15) is 6.61 Å². The van der Waals surface area contributed by atoms with Crippen LogP contribution >= 0.6 is 0 Å². The Bertz CT molecular complexity index is 489. The van der Waals surface area contributed by atoms with Gasteiger partial charge in [-0.3, -0.25) is 4.79 Å². The monoisotopic (exact) mass is 265 g/mol. The topological polar surface area (TPSA) is 75.6 Å². The third-order valence-electron chi connectivity index (χ3n) is 2.40. The first-order valence-electron chi connectivity index (χ1n) is 5.97. The number of ether oxygens (including phenoxy) is 1. The molecule has 1 amide bonds. The van der Waals surface area contributed by atoms with E-state index < -0.39 is 11.6 Å². The number of aromatic carboxylic acids is 1. The highest BCUT2D eigenvalue weighted by atomic mass is 16.5. The Morgan fingerprint density at radius 3 is 2.47 bits per heavy atom. The second kappa shape index (κ2) is 5.84. The average molecular weight is 265 g/mol. The van der Waals surface area contributed by atoms with Crippen LogP contribution in [-0.2, 0) is 9.53 Å². The van der Waals surface area contributed by atoms with E-state index in [0.717, 1.165) is 0 Å². The summed E-state index contributed by atoms with van der Waals surface area (Å²) in [6.07, 6.45) is 0. The Labute approximate surface area is 112 Å². The molecule has 19 heavy (non-hydrogen) atoms. The fraction of sp³-hybridized carbons (Fsp3) is 0.429. The van der Waals surface area contributed by atoms with Crippen LogP contribution in [0.4, 0.5) is 5.69 Å². The molecule has 2 N–H and O–H groups in total. The molecule has 0 unspecified atom stereocenters. The number of carboxylic acid groups (broad SMARTS) is 1. The highest BCUT2D eigenvalue weighted by Gasteiger charge is 2.17. The predicted molar refractivity (Wildman–Crippen MR) is 72.5 cm³/mol. The third kappa shape index (κ3) is 4.71. The molecule has 1 aromatic carbocycles. The summed E-state index contributed by atoms with van der Waals surface area (Å²) in [4.78, 5) is 22.8. The Kier molecular flexibility index (Phi) is 4.67. The van der Waals surface area contributed by atoms with Gasteiger partial charge in [-0.15, -0.1) is 0 Å². The molecule has 0 bridgehead atoms. The van der Waals surface area contributed by atoms with E-state index in [1.165, 1.54) is 6.07 Å². The fourth-order valence-electron chi connectivity index (χ4n) is 1.47. The number of hydrogen-bond donors (Lipinski definition) is 2. The number of aryl methyl sites for hydroxylation is 1. The second-order valence-electron chi connectivity index (χ2n) is 5.25. The van der Waals surface area contributed by atoms with E-state index in [-0.39, 0.29) is 18.1 Å². The van der Waals surface area contributed by atoms with Crippen LogP contribution in [0.5, 0.6) is 0 Å². The zero-order chi connectivity index (χ0) is 14.6. The number of hydrogen-bond acceptors (Lipinski definition) is 3. The van der Waals surface area contributed by atoms with Crippen LogP contribution in [0, 0.1) is 6.92 Å². The molecule has 1 aromatic rings. The minimum atomic E-state index is -1.07. The first-order valence-corrected chi connectivity index (χ1v) is 5.97. The van der Waals surface area contributed by atoms with Crippen LogP contribution in [-0.4, -0.2) is 29.2 Å². The van der Waals surface area contributed by atoms with E-state index >= 15 is 0 Å². The first kappa shape index (κ1) is 15.2. The predicted octanol–water partition coefficient (Wildman–Crippen LogP) is 2.45. The molecule has 0 aliphatic carbocycles. The van der Waals surface area contributed by atoms with Gasteiger partial charge in [-0.1, -0.05) is 12.1 Å². The number of carbonyl (C=O) groups is 2. The Balaban J connectivity index is 2.82. The van der Waals surface area contributed by atoms with Crippen molar-refractivity contribution in [1.82, 2.24) is 0 Å². The van der Waals surface area contributed by atoms with Crippen molar-refractivity contribution >= 4 is 17.6 Å². The van der Waals surface area contributed by atoms with Gasteiger partial charge >= 0.3 is 5.97 Å². The molecule has 0 fully saturated rings. The maximum absolute atomic E-state index is 11.8. The SMILES string of the molecule is Cc1cccc(C(=O)O)c1NC(=O)COC(C)(C)C. The molecule has 0 radical (unpaired) electrons. The van der Waals surface area contributed by atoms with Gasteiger partial charge in [-0.2, -0.15) is 0 Å². The standard InChI is InChI=1S/C14H19NO4/c1-9-6-5-7-10(13(17)18)12(9)15-11(16)8-19-14(2,3)4/h5-7H,8H2,1-4H3,(H,15,16)(H,17,18). The summed E-state index contributed by atoms with van der Waals surface area (Å²) >= 11 is 0. The number of carbonyl (C=O) groups excluding carboxylic acids is 1. The number of para-hydroxylation sites is 1. The number of amides is 1. The Morgan fingerprint density at radius 2 is 1.95 bits per heavy atom. The van der Waals surface area contributed by atoms with Crippen molar-refractivity contribution in [2.75, 3.05) is 11.9 Å². The molecule has 0 heterocycles. The smallest absolute Gasteiger partial charge is 0.337 e. The first-order chi connectivity index (χ1) is 8.70. The van der Waals surface area contributed by atoms with Crippen molar-refractivity contribution in [1.29, 1.82) is 0 Å². The summed E-state index contributed by atoms with van der Waals surface area (Å²) in [6.45, 7) is 7.16. The van der Waals surface area contributed by atoms with Crippen molar-refractivity contribution in [2.24, 2.45) is 0 Å². The largest absolute Gasteiger partial charge is 0.478 e. The van der Waals surface area contributed by atoms with Gasteiger partial charge in [0.25, 0.3) is 0 Å². The van der Waals surface area contributed by atoms with E-state index in [0.29, 0.717) is 11.3 Å². The highest BCUT2D eigenvalue weighted by Crippen LogP contribution is 2.20. The van der Waals surface area contributed by atoms with E-state index in [9.17, 15) is 9.59 Å². The molecule has 0 aliphatic heterocycles. The van der Waals surface area contributed by atoms with Gasteiger partial charge < -0.3 is 15.2 Å². The summed E-state index contributed by atoms with van der Waals surface area (Å²) in [6, 6.07) is 4.84. The maximum Gasteiger partial charge on any atom is 0.337 e. The Morgan fingerprint density at radius 1 is 1.32 bits per heavy atom. The number of benzene rings is 1. The summed E-state index contributed by atoms with van der Waals surface area (Å²) in [5, 5.41) is 11.7. The van der Waals surface area contributed by atoms with Crippen LogP contribution in [0.2, 0.25) is 0 Å². The minimum absolute atomic E-state index is 0.0732. The molecule has 0 saturated carbocycles. The summed E-state index contributed by atoms with van der Waals surface area (Å²) in [5.74, 6) is -1.44. The molecule has 5 nitrogen and oxygen atoms in total. The van der Waals surface area contributed by atoms with Gasteiger partial charge in [-0.05, 0) is 39.3 Å². The Hall–Kier alpha value is -1.88. The number of nitrogens with one attached hydrogen (secondary N) is 1. The van der Waals surface area contributed by atoms with Crippen LogP contribution in [0.1, 0.15) is 36.7 Å². The normalized spacial score (nSPS) is 11.2. The van der Waals surface area contributed by atoms with Crippen molar-refractivity contribution < 1.29 is 19.4 Å². The van der Waals surface area contributed by atoms with E-state index in [1.807, 2.05) is 20.8 Å². The molecular formula is C14H19NO4. The third-order valence-corrected chi connectivity index (χ3v) is 2.40. The molecule has 0 aromatic heterocycles. The van der Waals surface area contributed by atoms with E-state index in [4.69, 9.17) is 9.84 Å². The lowest BCUT2D eigenvalue weighted by Gasteiger charge is -2.19. The van der Waals surface area contributed by atoms with Crippen LogP contribution in [0.25, 0.3) is 0 Å². The highest BCUT2D eigenvalue weighted by molar-refractivity contribution is 6.01. The summed E-state index contributed by atoms with van der Waals surface area (Å²) < 4.78 is 5.34. The van der Waals surface area contributed by atoms with Crippen molar-refractivity contribution in [2.45, 2.75) is 33.3 Å². The summed E-state index contributed by atoms with van der Waals surface area (Å²) in [5.41, 5.74) is 0.671. The molecule has 1 rings (SSSR count). The van der Waals surface area contributed by atoms with Gasteiger partial charge in [-0.25, -0.2) is 4.79 Å². The van der Waals surface area contributed by atoms with Crippen LogP contribution in [0.3, 0.4) is 0 Å². The molecule has 0 spiro atoms. The molecule has 0 aliphatic rings. The van der Waals surface area contributed by atoms with Crippen molar-refractivity contribution in [3.05, 3.63) is 29.3 Å². The second-order valence-corrected chi connectivity index (χ2v) is 5.25. The zero-order valence-electron chi connectivity index (χ0n) is 11.6. The van der Waals surface area contributed by atoms with E-state index in [2.05, 4.69) is 5.32 Å². The maximum atomic E-state index is 11.8. The average Bonchev–Trinajstić information content (AvgIpc) is 2.28. The van der Waals surface area contributed by atoms with Crippen LogP contribution < -0.4 is 5.32 Å². The molecule has 0 saturated heterocycles. The lowest BCUT2D eigenvalue weighted by Crippen LogP contribution is -2.27. The van der Waals surface area contributed by atoms with Crippen molar-refractivity contribution in [3.8, 4) is 0 Å². The van der Waals surface area contributed by atoms with E-state index in [1.54, 1.807) is 19.1 Å². The number of rotatable bonds is 4. The van der Waals surface area contributed by atoms with Gasteiger partial charge in [0.15, 0.2) is 0 Å². The summed E-state index contributed by atoms with van der Waals surface area (Å²) in [7, 11) is 0. The molecule has 5 heteroatoms. The number of carboxylic acids is 1. The van der Waals surface area contributed by atoms with Crippen molar-refractivity contribution in [3.63, 3.8) is 0 Å². The quantitative estimate of drug-likeness (QED) is 0.876. The van der Waals surface area contributed by atoms with Gasteiger partial charge in [0.05, 0.1) is 16.9 Å². The molecule has 0 atom stereocenters. The lowest BCUT2D eigenvalue weighted by atomic mass is 10.1. The fourth-order valence-corrected chi connectivity index (χ4v) is 1.47. The lowest BCUT2D eigenvalue weighted by molar-refractivity contribution is -0.125. The number of anilines is 1. The van der Waals surface area contributed by atoms with Gasteiger partial charge in [0, 0.05) is 0 Å².